The number of aliphatic hydroxyl groups excluding tert-OH is 1. The van der Waals surface area contributed by atoms with E-state index in [4.69, 9.17) is 16.2 Å². The SMILES string of the molecule is N=C(N)SC1=C(S)C(=O)N(CO)C1=O. The second-order valence-corrected chi connectivity index (χ2v) is 3.82. The maximum absolute atomic E-state index is 11.4. The molecule has 0 bridgehead atoms. The molecule has 0 saturated carbocycles. The molecule has 0 unspecified atom stereocenters. The second-order valence-electron chi connectivity index (χ2n) is 2.32. The van der Waals surface area contributed by atoms with Crippen LogP contribution < -0.4 is 5.73 Å². The highest BCUT2D eigenvalue weighted by Crippen LogP contribution is 2.31. The predicted molar refractivity (Wildman–Crippen MR) is 54.5 cm³/mol. The molecule has 0 radical (unpaired) electrons. The minimum Gasteiger partial charge on any atom is -0.378 e. The van der Waals surface area contributed by atoms with Gasteiger partial charge in [-0.3, -0.25) is 15.0 Å². The fourth-order valence-corrected chi connectivity index (χ4v) is 1.83. The molecule has 0 aromatic heterocycles. The number of carbonyl (C=O) groups excluding carboxylic acids is 2. The zero-order valence-corrected chi connectivity index (χ0v) is 8.56. The average Bonchev–Trinajstić information content (AvgIpc) is 2.30. The van der Waals surface area contributed by atoms with Gasteiger partial charge in [-0.1, -0.05) is 0 Å². The molecule has 76 valence electrons. The van der Waals surface area contributed by atoms with Gasteiger partial charge in [0.15, 0.2) is 5.17 Å². The van der Waals surface area contributed by atoms with Crippen molar-refractivity contribution in [1.29, 1.82) is 5.41 Å². The summed E-state index contributed by atoms with van der Waals surface area (Å²) in [5, 5.41) is 15.3. The van der Waals surface area contributed by atoms with Crippen LogP contribution in [0.3, 0.4) is 0 Å². The second kappa shape index (κ2) is 4.03. The number of nitrogens with zero attached hydrogens (tertiary/aromatic N) is 1. The fraction of sp³-hybridized carbons (Fsp3) is 0.167. The summed E-state index contributed by atoms with van der Waals surface area (Å²) in [7, 11) is 0. The average molecular weight is 233 g/mol. The van der Waals surface area contributed by atoms with E-state index in [1.807, 2.05) is 0 Å². The van der Waals surface area contributed by atoms with Crippen molar-refractivity contribution in [2.75, 3.05) is 6.73 Å². The third-order valence-corrected chi connectivity index (χ3v) is 2.82. The Morgan fingerprint density at radius 2 is 2.14 bits per heavy atom. The van der Waals surface area contributed by atoms with E-state index in [0.717, 1.165) is 0 Å². The Balaban J connectivity index is 2.99. The summed E-state index contributed by atoms with van der Waals surface area (Å²) in [6, 6.07) is 0. The summed E-state index contributed by atoms with van der Waals surface area (Å²) in [5.41, 5.74) is 5.06. The van der Waals surface area contributed by atoms with E-state index in [9.17, 15) is 9.59 Å². The highest BCUT2D eigenvalue weighted by Gasteiger charge is 2.36. The highest BCUT2D eigenvalue weighted by atomic mass is 32.2. The first-order valence-corrected chi connectivity index (χ1v) is 4.67. The number of nitrogens with one attached hydrogen (secondary N) is 1. The van der Waals surface area contributed by atoms with Crippen molar-refractivity contribution >= 4 is 41.4 Å². The van der Waals surface area contributed by atoms with Crippen molar-refractivity contribution in [3.63, 3.8) is 0 Å². The minimum absolute atomic E-state index is 0.0279. The van der Waals surface area contributed by atoms with Gasteiger partial charge in [-0.2, -0.15) is 0 Å². The minimum atomic E-state index is -0.705. The van der Waals surface area contributed by atoms with Crippen LogP contribution in [0.5, 0.6) is 0 Å². The van der Waals surface area contributed by atoms with E-state index < -0.39 is 18.5 Å². The summed E-state index contributed by atoms with van der Waals surface area (Å²) < 4.78 is 0. The standard InChI is InChI=1S/C6H7N3O3S2/c7-6(8)14-3-2(13)4(11)9(1-10)5(3)12/h10,13H,1H2,(H3,7,8). The lowest BCUT2D eigenvalue weighted by molar-refractivity contribution is -0.141. The number of thiol groups is 1. The van der Waals surface area contributed by atoms with Gasteiger partial charge in [0.05, 0.1) is 9.81 Å². The summed E-state index contributed by atoms with van der Waals surface area (Å²) in [6.07, 6.45) is 0. The van der Waals surface area contributed by atoms with Crippen LogP contribution in [0.15, 0.2) is 9.81 Å². The number of carbonyl (C=O) groups is 2. The van der Waals surface area contributed by atoms with E-state index in [2.05, 4.69) is 12.6 Å². The molecule has 0 aliphatic carbocycles. The molecule has 1 aliphatic rings. The zero-order chi connectivity index (χ0) is 10.9. The van der Waals surface area contributed by atoms with Crippen molar-refractivity contribution < 1.29 is 14.7 Å². The van der Waals surface area contributed by atoms with E-state index in [0.29, 0.717) is 16.7 Å². The molecular formula is C6H7N3O3S2. The van der Waals surface area contributed by atoms with Crippen LogP contribution in [0.1, 0.15) is 0 Å². The van der Waals surface area contributed by atoms with E-state index in [1.165, 1.54) is 0 Å². The third-order valence-electron chi connectivity index (χ3n) is 1.46. The summed E-state index contributed by atoms with van der Waals surface area (Å²) >= 11 is 4.46. The summed E-state index contributed by atoms with van der Waals surface area (Å²) in [5.74, 6) is -1.35. The summed E-state index contributed by atoms with van der Waals surface area (Å²) in [4.78, 5) is 23.1. The molecule has 0 aromatic rings. The van der Waals surface area contributed by atoms with Gasteiger partial charge in [-0.05, 0) is 11.8 Å². The number of thioether (sulfide) groups is 1. The third kappa shape index (κ3) is 1.76. The van der Waals surface area contributed by atoms with Crippen LogP contribution in [0.2, 0.25) is 0 Å². The van der Waals surface area contributed by atoms with Crippen LogP contribution in [-0.4, -0.2) is 33.7 Å². The van der Waals surface area contributed by atoms with Crippen molar-refractivity contribution in [3.05, 3.63) is 9.81 Å². The molecular weight excluding hydrogens is 226 g/mol. The Labute approximate surface area is 89.0 Å². The Kier molecular flexibility index (Phi) is 3.19. The lowest BCUT2D eigenvalue weighted by Gasteiger charge is -2.09. The smallest absolute Gasteiger partial charge is 0.270 e. The number of nitrogens with two attached hydrogens (primary N) is 1. The van der Waals surface area contributed by atoms with E-state index in [1.54, 1.807) is 0 Å². The van der Waals surface area contributed by atoms with Crippen molar-refractivity contribution in [3.8, 4) is 0 Å². The van der Waals surface area contributed by atoms with Gasteiger partial charge in [0, 0.05) is 0 Å². The van der Waals surface area contributed by atoms with Gasteiger partial charge in [-0.15, -0.1) is 12.6 Å². The first-order chi connectivity index (χ1) is 6.49. The Morgan fingerprint density at radius 1 is 1.57 bits per heavy atom. The van der Waals surface area contributed by atoms with Crippen molar-refractivity contribution in [2.45, 2.75) is 0 Å². The maximum Gasteiger partial charge on any atom is 0.270 e. The molecule has 0 spiro atoms. The van der Waals surface area contributed by atoms with Gasteiger partial charge >= 0.3 is 0 Å². The lowest BCUT2D eigenvalue weighted by Crippen LogP contribution is -2.32. The van der Waals surface area contributed by atoms with Crippen LogP contribution in [0.25, 0.3) is 0 Å². The molecule has 8 heteroatoms. The van der Waals surface area contributed by atoms with Crippen molar-refractivity contribution in [2.24, 2.45) is 5.73 Å². The summed E-state index contributed by atoms with van der Waals surface area (Å²) in [6.45, 7) is -0.705. The normalized spacial score (nSPS) is 16.9. The monoisotopic (exact) mass is 233 g/mol. The molecule has 1 rings (SSSR count). The Hall–Kier alpha value is -0.990. The fourth-order valence-electron chi connectivity index (χ4n) is 0.871. The van der Waals surface area contributed by atoms with Gasteiger partial charge < -0.3 is 10.8 Å². The largest absolute Gasteiger partial charge is 0.378 e. The molecule has 6 nitrogen and oxygen atoms in total. The maximum atomic E-state index is 11.4. The lowest BCUT2D eigenvalue weighted by atomic mass is 10.5. The quantitative estimate of drug-likeness (QED) is 0.213. The van der Waals surface area contributed by atoms with Crippen LogP contribution in [0.4, 0.5) is 0 Å². The van der Waals surface area contributed by atoms with Gasteiger partial charge in [0.2, 0.25) is 0 Å². The molecule has 0 atom stereocenters. The van der Waals surface area contributed by atoms with E-state index in [-0.39, 0.29) is 15.0 Å². The molecule has 14 heavy (non-hydrogen) atoms. The molecule has 0 fully saturated rings. The van der Waals surface area contributed by atoms with Gasteiger partial charge in [0.1, 0.15) is 6.73 Å². The number of hydrogen-bond donors (Lipinski definition) is 4. The first kappa shape index (κ1) is 11.1. The van der Waals surface area contributed by atoms with Crippen LogP contribution in [-0.2, 0) is 9.59 Å². The Bertz CT molecular complexity index is 352. The number of amidine groups is 1. The highest BCUT2D eigenvalue weighted by molar-refractivity contribution is 8.18. The van der Waals surface area contributed by atoms with Gasteiger partial charge in [0.25, 0.3) is 11.8 Å². The number of rotatable bonds is 2. The molecule has 2 amide bonds. The molecule has 1 aliphatic heterocycles. The molecule has 0 saturated heterocycles. The van der Waals surface area contributed by atoms with E-state index >= 15 is 0 Å². The number of imide groups is 1. The van der Waals surface area contributed by atoms with Crippen molar-refractivity contribution in [1.82, 2.24) is 4.90 Å². The predicted octanol–water partition coefficient (Wildman–Crippen LogP) is -0.927. The van der Waals surface area contributed by atoms with Gasteiger partial charge in [-0.25, -0.2) is 4.90 Å². The number of aliphatic hydroxyl groups is 1. The Morgan fingerprint density at radius 3 is 2.50 bits per heavy atom. The molecule has 4 N–H and O–H groups in total. The number of amides is 2. The number of hydrogen-bond acceptors (Lipinski definition) is 6. The van der Waals surface area contributed by atoms with Crippen LogP contribution >= 0.6 is 24.4 Å². The molecule has 0 aromatic carbocycles. The molecule has 1 heterocycles. The first-order valence-electron chi connectivity index (χ1n) is 3.41. The van der Waals surface area contributed by atoms with Crippen LogP contribution in [0, 0.1) is 5.41 Å². The zero-order valence-electron chi connectivity index (χ0n) is 6.85. The topological polar surface area (TPSA) is 107 Å².